The van der Waals surface area contributed by atoms with Crippen LogP contribution in [-0.2, 0) is 13.1 Å². The number of aromatic nitrogens is 6. The zero-order valence-corrected chi connectivity index (χ0v) is 19.4. The Kier molecular flexibility index (Phi) is 6.89. The van der Waals surface area contributed by atoms with E-state index in [0.717, 1.165) is 9.36 Å². The molecular formula is C21H15Cl2F3N6O4. The Balaban J connectivity index is 1.73. The van der Waals surface area contributed by atoms with Crippen LogP contribution in [0.1, 0.15) is 16.2 Å². The minimum atomic E-state index is -4.96. The lowest BCUT2D eigenvalue weighted by Gasteiger charge is -2.15. The van der Waals surface area contributed by atoms with Crippen LogP contribution in [-0.4, -0.2) is 57.6 Å². The number of halogens is 5. The zero-order valence-electron chi connectivity index (χ0n) is 17.9. The molecule has 1 atom stereocenters. The van der Waals surface area contributed by atoms with E-state index in [-0.39, 0.29) is 40.0 Å². The van der Waals surface area contributed by atoms with Gasteiger partial charge in [-0.2, -0.15) is 13.2 Å². The number of hydrogen-bond donors (Lipinski definition) is 2. The van der Waals surface area contributed by atoms with E-state index in [2.05, 4.69) is 15.2 Å². The summed E-state index contributed by atoms with van der Waals surface area (Å²) < 4.78 is 41.7. The van der Waals surface area contributed by atoms with E-state index in [1.54, 1.807) is 0 Å². The number of carboxylic acid groups (broad SMARTS) is 1. The predicted molar refractivity (Wildman–Crippen MR) is 121 cm³/mol. The van der Waals surface area contributed by atoms with E-state index in [4.69, 9.17) is 23.2 Å². The topological polar surface area (TPSA) is 128 Å². The number of carbonyl (C=O) groups is 1. The molecule has 0 spiro atoms. The number of alkyl halides is 3. The summed E-state index contributed by atoms with van der Waals surface area (Å²) in [7, 11) is 0. The minimum Gasteiger partial charge on any atom is -0.478 e. The summed E-state index contributed by atoms with van der Waals surface area (Å²) in [5, 5.41) is 27.7. The van der Waals surface area contributed by atoms with Crippen LogP contribution in [0.25, 0.3) is 17.1 Å². The number of aliphatic hydroxyl groups excluding tert-OH is 1. The SMILES string of the molecule is O=C(O)c1cccc(Cl)c1-n1cnc(Cn2nc(-c3ccc(Cl)cc3)n(C[C@H](O)C(F)(F)F)c2=O)n1. The highest BCUT2D eigenvalue weighted by Crippen LogP contribution is 2.25. The lowest BCUT2D eigenvalue weighted by Crippen LogP contribution is -2.37. The fraction of sp³-hybridized carbons (Fsp3) is 0.190. The second kappa shape index (κ2) is 9.76. The summed E-state index contributed by atoms with van der Waals surface area (Å²) in [5.41, 5.74) is -0.779. The van der Waals surface area contributed by atoms with E-state index >= 15 is 0 Å². The van der Waals surface area contributed by atoms with E-state index in [0.29, 0.717) is 9.59 Å². The first-order valence-corrected chi connectivity index (χ1v) is 10.8. The normalized spacial score (nSPS) is 12.6. The predicted octanol–water partition coefficient (Wildman–Crippen LogP) is 3.27. The molecule has 2 heterocycles. The van der Waals surface area contributed by atoms with E-state index < -0.39 is 30.5 Å². The maximum absolute atomic E-state index is 13.0. The van der Waals surface area contributed by atoms with Gasteiger partial charge in [0.1, 0.15) is 12.9 Å². The van der Waals surface area contributed by atoms with E-state index in [1.807, 2.05) is 0 Å². The van der Waals surface area contributed by atoms with Crippen LogP contribution in [0.3, 0.4) is 0 Å². The van der Waals surface area contributed by atoms with Gasteiger partial charge in [0.2, 0.25) is 0 Å². The molecule has 2 N–H and O–H groups in total. The molecule has 2 aromatic heterocycles. The molecule has 4 aromatic rings. The Morgan fingerprint density at radius 2 is 1.78 bits per heavy atom. The van der Waals surface area contributed by atoms with Gasteiger partial charge in [-0.25, -0.2) is 23.9 Å². The molecule has 0 saturated carbocycles. The van der Waals surface area contributed by atoms with Crippen LogP contribution in [0.2, 0.25) is 10.0 Å². The molecule has 0 aliphatic heterocycles. The molecule has 0 fully saturated rings. The van der Waals surface area contributed by atoms with Crippen molar-refractivity contribution in [3.63, 3.8) is 0 Å². The van der Waals surface area contributed by atoms with Crippen molar-refractivity contribution in [1.29, 1.82) is 0 Å². The average Bonchev–Trinajstić information content (AvgIpc) is 3.39. The molecule has 0 saturated heterocycles. The van der Waals surface area contributed by atoms with Crippen LogP contribution in [0.4, 0.5) is 13.2 Å². The number of hydrogen-bond acceptors (Lipinski definition) is 6. The van der Waals surface area contributed by atoms with Gasteiger partial charge in [0.15, 0.2) is 17.8 Å². The maximum atomic E-state index is 13.0. The van der Waals surface area contributed by atoms with Gasteiger partial charge in [0.05, 0.1) is 22.8 Å². The highest BCUT2D eigenvalue weighted by atomic mass is 35.5. The summed E-state index contributed by atoms with van der Waals surface area (Å²) in [5.74, 6) is -1.40. The molecular weight excluding hydrogens is 528 g/mol. The van der Waals surface area contributed by atoms with Gasteiger partial charge in [0, 0.05) is 10.6 Å². The standard InChI is InChI=1S/C21H15Cl2F3N6O4/c22-12-6-4-11(5-7-12)18-29-31(20(36)30(18)8-15(33)21(24,25)26)9-16-27-10-32(28-16)17-13(19(34)35)2-1-3-14(17)23/h1-7,10,15,33H,8-9H2,(H,34,35)/t15-/m0/s1. The van der Waals surface area contributed by atoms with Gasteiger partial charge in [-0.1, -0.05) is 29.3 Å². The molecule has 0 aliphatic carbocycles. The number of nitrogens with zero attached hydrogens (tertiary/aromatic N) is 6. The average molecular weight is 543 g/mol. The molecule has 0 amide bonds. The number of carboxylic acids is 1. The maximum Gasteiger partial charge on any atom is 0.416 e. The molecule has 36 heavy (non-hydrogen) atoms. The van der Waals surface area contributed by atoms with E-state index in [9.17, 15) is 33.0 Å². The van der Waals surface area contributed by atoms with Crippen LogP contribution < -0.4 is 5.69 Å². The Hall–Kier alpha value is -3.68. The first-order valence-electron chi connectivity index (χ1n) is 10.1. The lowest BCUT2D eigenvalue weighted by atomic mass is 10.2. The Labute approximate surface area is 209 Å². The number of aliphatic hydroxyl groups is 1. The smallest absolute Gasteiger partial charge is 0.416 e. The van der Waals surface area contributed by atoms with Crippen molar-refractivity contribution >= 4 is 29.2 Å². The minimum absolute atomic E-state index is 0.00275. The third-order valence-corrected chi connectivity index (χ3v) is 5.59. The molecule has 0 bridgehead atoms. The fourth-order valence-electron chi connectivity index (χ4n) is 3.33. The van der Waals surface area contributed by atoms with Gasteiger partial charge in [-0.3, -0.25) is 4.57 Å². The van der Waals surface area contributed by atoms with Gasteiger partial charge < -0.3 is 10.2 Å². The lowest BCUT2D eigenvalue weighted by molar-refractivity contribution is -0.207. The summed E-state index contributed by atoms with van der Waals surface area (Å²) >= 11 is 12.0. The second-order valence-electron chi connectivity index (χ2n) is 7.49. The molecule has 4 rings (SSSR count). The highest BCUT2D eigenvalue weighted by Gasteiger charge is 2.39. The van der Waals surface area contributed by atoms with Gasteiger partial charge in [-0.05, 0) is 36.4 Å². The number of aromatic carboxylic acids is 1. The quantitative estimate of drug-likeness (QED) is 0.366. The fourth-order valence-corrected chi connectivity index (χ4v) is 3.72. The summed E-state index contributed by atoms with van der Waals surface area (Å²) in [6.07, 6.45) is -6.60. The second-order valence-corrected chi connectivity index (χ2v) is 8.33. The zero-order chi connectivity index (χ0) is 26.2. The Bertz CT molecular complexity index is 1480. The first kappa shape index (κ1) is 25.4. The molecule has 0 radical (unpaired) electrons. The monoisotopic (exact) mass is 542 g/mol. The summed E-state index contributed by atoms with van der Waals surface area (Å²) in [4.78, 5) is 28.6. The third kappa shape index (κ3) is 5.12. The van der Waals surface area contributed by atoms with Crippen molar-refractivity contribution in [2.45, 2.75) is 25.4 Å². The highest BCUT2D eigenvalue weighted by molar-refractivity contribution is 6.33. The van der Waals surface area contributed by atoms with Crippen molar-refractivity contribution in [2.24, 2.45) is 0 Å². The molecule has 2 aromatic carbocycles. The van der Waals surface area contributed by atoms with Gasteiger partial charge in [-0.15, -0.1) is 10.2 Å². The largest absolute Gasteiger partial charge is 0.478 e. The number of rotatable bonds is 7. The molecule has 188 valence electrons. The van der Waals surface area contributed by atoms with Crippen LogP contribution >= 0.6 is 23.2 Å². The van der Waals surface area contributed by atoms with Crippen molar-refractivity contribution in [2.75, 3.05) is 0 Å². The number of benzene rings is 2. The molecule has 0 aliphatic rings. The Morgan fingerprint density at radius 1 is 1.08 bits per heavy atom. The summed E-state index contributed by atoms with van der Waals surface area (Å²) in [6.45, 7) is -1.46. The van der Waals surface area contributed by atoms with Crippen molar-refractivity contribution < 1.29 is 28.2 Å². The number of para-hydroxylation sites is 1. The summed E-state index contributed by atoms with van der Waals surface area (Å²) in [6, 6.07) is 10.1. The first-order chi connectivity index (χ1) is 17.0. The molecule has 0 unspecified atom stereocenters. The molecule has 15 heteroatoms. The van der Waals surface area contributed by atoms with Crippen LogP contribution in [0, 0.1) is 0 Å². The van der Waals surface area contributed by atoms with Crippen molar-refractivity contribution in [3.05, 3.63) is 80.7 Å². The van der Waals surface area contributed by atoms with Crippen LogP contribution in [0.15, 0.2) is 53.6 Å². The van der Waals surface area contributed by atoms with Crippen molar-refractivity contribution in [1.82, 2.24) is 29.1 Å². The van der Waals surface area contributed by atoms with Crippen LogP contribution in [0.5, 0.6) is 0 Å². The van der Waals surface area contributed by atoms with Gasteiger partial charge in [0.25, 0.3) is 0 Å². The van der Waals surface area contributed by atoms with Gasteiger partial charge >= 0.3 is 17.8 Å². The third-order valence-electron chi connectivity index (χ3n) is 5.04. The molecule has 10 nitrogen and oxygen atoms in total. The Morgan fingerprint density at radius 3 is 2.42 bits per heavy atom. The van der Waals surface area contributed by atoms with Crippen molar-refractivity contribution in [3.8, 4) is 17.1 Å². The van der Waals surface area contributed by atoms with E-state index in [1.165, 1.54) is 48.8 Å².